The van der Waals surface area contributed by atoms with Crippen molar-refractivity contribution in [1.82, 2.24) is 5.32 Å². The van der Waals surface area contributed by atoms with Gasteiger partial charge >= 0.3 is 0 Å². The van der Waals surface area contributed by atoms with Crippen molar-refractivity contribution in [2.24, 2.45) is 0 Å². The molecule has 0 bridgehead atoms. The van der Waals surface area contributed by atoms with Crippen LogP contribution in [0.5, 0.6) is 0 Å². The van der Waals surface area contributed by atoms with Crippen LogP contribution in [0.4, 0.5) is 5.69 Å². The fourth-order valence-corrected chi connectivity index (χ4v) is 2.60. The van der Waals surface area contributed by atoms with Crippen LogP contribution in [0.1, 0.15) is 18.9 Å². The third-order valence-electron chi connectivity index (χ3n) is 2.48. The summed E-state index contributed by atoms with van der Waals surface area (Å²) in [7, 11) is -1.41. The molecule has 0 aliphatic rings. The summed E-state index contributed by atoms with van der Waals surface area (Å²) in [6.07, 6.45) is 1.56. The topological polar surface area (TPSA) is 58.2 Å². The van der Waals surface area contributed by atoms with Crippen LogP contribution in [-0.2, 0) is 16.4 Å². The number of hydrogen-bond donors (Lipinski definition) is 2. The van der Waals surface area contributed by atoms with Crippen LogP contribution >= 0.6 is 0 Å². The van der Waals surface area contributed by atoms with E-state index in [1.54, 1.807) is 12.1 Å². The van der Waals surface area contributed by atoms with Gasteiger partial charge in [-0.15, -0.1) is 0 Å². The zero-order valence-corrected chi connectivity index (χ0v) is 11.2. The van der Waals surface area contributed by atoms with Gasteiger partial charge in [-0.3, -0.25) is 4.72 Å². The first-order valence-electron chi connectivity index (χ1n) is 5.81. The summed E-state index contributed by atoms with van der Waals surface area (Å²) in [6.45, 7) is 2.77. The van der Waals surface area contributed by atoms with Crippen molar-refractivity contribution in [3.05, 3.63) is 29.8 Å². The quantitative estimate of drug-likeness (QED) is 0.729. The molecule has 4 nitrogen and oxygen atoms in total. The predicted molar refractivity (Wildman–Crippen MR) is 71.8 cm³/mol. The third kappa shape index (κ3) is 5.19. The molecule has 0 spiro atoms. The molecule has 0 saturated carbocycles. The number of rotatable bonds is 7. The molecule has 2 N–H and O–H groups in total. The van der Waals surface area contributed by atoms with Gasteiger partial charge in [0.2, 0.25) is 10.0 Å². The van der Waals surface area contributed by atoms with E-state index in [2.05, 4.69) is 17.0 Å². The molecule has 0 atom stereocenters. The Labute approximate surface area is 103 Å². The Hall–Kier alpha value is -1.07. The highest BCUT2D eigenvalue weighted by atomic mass is 32.2. The van der Waals surface area contributed by atoms with Crippen LogP contribution in [0.2, 0.25) is 0 Å². The van der Waals surface area contributed by atoms with Gasteiger partial charge in [-0.25, -0.2) is 8.42 Å². The first-order valence-corrected chi connectivity index (χ1v) is 7.46. The van der Waals surface area contributed by atoms with Crippen molar-refractivity contribution in [1.29, 1.82) is 0 Å². The van der Waals surface area contributed by atoms with Gasteiger partial charge in [0.05, 0.1) is 5.75 Å². The second-order valence-electron chi connectivity index (χ2n) is 3.93. The normalized spacial score (nSPS) is 11.4. The average Bonchev–Trinajstić information content (AvgIpc) is 2.30. The Morgan fingerprint density at radius 2 is 1.82 bits per heavy atom. The van der Waals surface area contributed by atoms with Crippen LogP contribution < -0.4 is 10.0 Å². The zero-order chi connectivity index (χ0) is 12.7. The molecule has 0 unspecified atom stereocenters. The van der Waals surface area contributed by atoms with E-state index in [-0.39, 0.29) is 5.75 Å². The number of sulfonamides is 1. The molecule has 17 heavy (non-hydrogen) atoms. The smallest absolute Gasteiger partial charge is 0.232 e. The van der Waals surface area contributed by atoms with Crippen molar-refractivity contribution >= 4 is 15.7 Å². The fraction of sp³-hybridized carbons (Fsp3) is 0.500. The fourth-order valence-electron chi connectivity index (χ4n) is 1.48. The molecule has 1 aromatic carbocycles. The minimum atomic E-state index is -3.22. The van der Waals surface area contributed by atoms with E-state index in [0.717, 1.165) is 6.42 Å². The maximum Gasteiger partial charge on any atom is 0.232 e. The summed E-state index contributed by atoms with van der Waals surface area (Å²) in [6, 6.07) is 7.47. The van der Waals surface area contributed by atoms with E-state index < -0.39 is 10.0 Å². The molecule has 0 heterocycles. The first-order chi connectivity index (χ1) is 8.07. The summed E-state index contributed by atoms with van der Waals surface area (Å²) in [5.41, 5.74) is 1.83. The molecular formula is C12H20N2O2S. The van der Waals surface area contributed by atoms with Crippen molar-refractivity contribution < 1.29 is 8.42 Å². The lowest BCUT2D eigenvalue weighted by Gasteiger charge is -2.08. The minimum Gasteiger partial charge on any atom is -0.320 e. The van der Waals surface area contributed by atoms with Gasteiger partial charge in [0.1, 0.15) is 0 Å². The minimum absolute atomic E-state index is 0.142. The maximum atomic E-state index is 11.7. The number of anilines is 1. The largest absolute Gasteiger partial charge is 0.320 e. The van der Waals surface area contributed by atoms with Crippen molar-refractivity contribution in [3.8, 4) is 0 Å². The summed E-state index contributed by atoms with van der Waals surface area (Å²) >= 11 is 0. The van der Waals surface area contributed by atoms with E-state index >= 15 is 0 Å². The Morgan fingerprint density at radius 3 is 2.35 bits per heavy atom. The lowest BCUT2D eigenvalue weighted by atomic mass is 10.2. The predicted octanol–water partition coefficient (Wildman–Crippen LogP) is 1.60. The number of nitrogens with one attached hydrogen (secondary N) is 2. The summed E-state index contributed by atoms with van der Waals surface area (Å²) < 4.78 is 26.0. The monoisotopic (exact) mass is 256 g/mol. The Morgan fingerprint density at radius 1 is 1.18 bits per heavy atom. The molecule has 0 aliphatic carbocycles. The first kappa shape index (κ1) is 14.0. The van der Waals surface area contributed by atoms with Crippen LogP contribution in [0.15, 0.2) is 24.3 Å². The molecule has 5 heteroatoms. The van der Waals surface area contributed by atoms with Crippen LogP contribution in [0.3, 0.4) is 0 Å². The van der Waals surface area contributed by atoms with E-state index in [1.165, 1.54) is 5.56 Å². The van der Waals surface area contributed by atoms with Gasteiger partial charge in [0.25, 0.3) is 0 Å². The molecule has 1 rings (SSSR count). The van der Waals surface area contributed by atoms with Crippen LogP contribution in [0.25, 0.3) is 0 Å². The molecule has 0 amide bonds. The van der Waals surface area contributed by atoms with Gasteiger partial charge in [0.15, 0.2) is 0 Å². The SMILES string of the molecule is CCc1ccc(NS(=O)(=O)CCCNC)cc1. The van der Waals surface area contributed by atoms with Gasteiger partial charge in [-0.2, -0.15) is 0 Å². The standard InChI is InChI=1S/C12H20N2O2S/c1-3-11-5-7-12(8-6-11)14-17(15,16)10-4-9-13-2/h5-8,13-14H,3-4,9-10H2,1-2H3. The Balaban J connectivity index is 2.56. The van der Waals surface area contributed by atoms with Gasteiger partial charge in [-0.1, -0.05) is 19.1 Å². The van der Waals surface area contributed by atoms with Crippen LogP contribution in [-0.4, -0.2) is 27.8 Å². The second kappa shape index (κ2) is 6.61. The van der Waals surface area contributed by atoms with E-state index in [4.69, 9.17) is 0 Å². The van der Waals surface area contributed by atoms with Crippen LogP contribution in [0, 0.1) is 0 Å². The highest BCUT2D eigenvalue weighted by Crippen LogP contribution is 2.12. The van der Waals surface area contributed by atoms with E-state index in [9.17, 15) is 8.42 Å². The molecule has 96 valence electrons. The lowest BCUT2D eigenvalue weighted by Crippen LogP contribution is -2.20. The molecule has 0 aromatic heterocycles. The summed E-state index contributed by atoms with van der Waals surface area (Å²) in [5.74, 6) is 0.142. The lowest BCUT2D eigenvalue weighted by molar-refractivity contribution is 0.597. The Bertz CT molecular complexity index is 426. The average molecular weight is 256 g/mol. The zero-order valence-electron chi connectivity index (χ0n) is 10.4. The Kier molecular flexibility index (Phi) is 5.44. The highest BCUT2D eigenvalue weighted by molar-refractivity contribution is 7.92. The molecular weight excluding hydrogens is 236 g/mol. The molecule has 0 aliphatic heterocycles. The van der Waals surface area contributed by atoms with Gasteiger partial charge in [0, 0.05) is 5.69 Å². The number of aryl methyl sites for hydroxylation is 1. The van der Waals surface area contributed by atoms with E-state index in [0.29, 0.717) is 18.7 Å². The van der Waals surface area contributed by atoms with E-state index in [1.807, 2.05) is 19.2 Å². The molecule has 0 radical (unpaired) electrons. The molecule has 1 aromatic rings. The van der Waals surface area contributed by atoms with Crippen molar-refractivity contribution in [2.75, 3.05) is 24.1 Å². The maximum absolute atomic E-state index is 11.7. The molecule has 0 fully saturated rings. The van der Waals surface area contributed by atoms with Crippen molar-refractivity contribution in [2.45, 2.75) is 19.8 Å². The number of benzene rings is 1. The van der Waals surface area contributed by atoms with Crippen molar-refractivity contribution in [3.63, 3.8) is 0 Å². The second-order valence-corrected chi connectivity index (χ2v) is 5.77. The number of hydrogen-bond acceptors (Lipinski definition) is 3. The van der Waals surface area contributed by atoms with Gasteiger partial charge < -0.3 is 5.32 Å². The highest BCUT2D eigenvalue weighted by Gasteiger charge is 2.09. The third-order valence-corrected chi connectivity index (χ3v) is 3.85. The molecule has 0 saturated heterocycles. The summed E-state index contributed by atoms with van der Waals surface area (Å²) in [4.78, 5) is 0. The van der Waals surface area contributed by atoms with Gasteiger partial charge in [-0.05, 0) is 44.1 Å². The summed E-state index contributed by atoms with van der Waals surface area (Å²) in [5, 5.41) is 2.93.